The Balaban J connectivity index is 1.32. The predicted octanol–water partition coefficient (Wildman–Crippen LogP) is 14.4. The van der Waals surface area contributed by atoms with Gasteiger partial charge in [0.05, 0.1) is 38.4 Å². The van der Waals surface area contributed by atoms with Gasteiger partial charge in [-0.05, 0) is 107 Å². The highest BCUT2D eigenvalue weighted by Crippen LogP contribution is 2.50. The highest BCUT2D eigenvalue weighted by atomic mass is 16.3. The van der Waals surface area contributed by atoms with Gasteiger partial charge in [-0.1, -0.05) is 159 Å². The lowest BCUT2D eigenvalue weighted by atomic mass is 9.82. The molecule has 9 aromatic carbocycles. The maximum Gasteiger partial charge on any atom is 0.143 e. The van der Waals surface area contributed by atoms with E-state index in [-0.39, 0.29) is 22.3 Å². The first-order valence-electron chi connectivity index (χ1n) is 29.9. The molecule has 0 amide bonds. The summed E-state index contributed by atoms with van der Waals surface area (Å²) in [5.74, 6) is 0. The monoisotopic (exact) mass is 690 g/mol. The van der Waals surface area contributed by atoms with Crippen molar-refractivity contribution in [1.29, 1.82) is 0 Å². The lowest BCUT2D eigenvalue weighted by molar-refractivity contribution is 0.660. The van der Waals surface area contributed by atoms with Crippen molar-refractivity contribution in [3.8, 4) is 44.5 Å². The number of furan rings is 1. The van der Waals surface area contributed by atoms with Crippen LogP contribution >= 0.6 is 0 Å². The molecule has 1 nitrogen and oxygen atoms in total. The fraction of sp³-hybridized carbons (Fsp3) is 0.0588. The van der Waals surface area contributed by atoms with Gasteiger partial charge >= 0.3 is 0 Å². The second-order valence-electron chi connectivity index (χ2n) is 12.6. The van der Waals surface area contributed by atoms with Crippen molar-refractivity contribution in [3.05, 3.63) is 180 Å². The van der Waals surface area contributed by atoms with Crippen LogP contribution in [-0.2, 0) is 5.41 Å². The van der Waals surface area contributed by atoms with Gasteiger partial charge in [-0.3, -0.25) is 0 Å². The van der Waals surface area contributed by atoms with Crippen LogP contribution in [0.15, 0.2) is 174 Å². The van der Waals surface area contributed by atoms with Gasteiger partial charge < -0.3 is 4.42 Å². The van der Waals surface area contributed by atoms with Crippen LogP contribution in [-0.4, -0.2) is 0 Å². The standard InChI is InChI=1S/C51H34O/c1-51(2)45-18-10-9-13-37(45)43-29-34(24-27-46(43)51)31-19-21-33(22-20-31)48-38-14-5-7-16-40(38)49(41-17-8-6-15-39(41)48)35-25-28-47-44(30-35)42-26-23-32-11-3-4-12-36(32)50(42)52-47/h3-30H,1-2H3/i3D,4D,5D,6D,7D,8D,9D,10D,11D,12D,13D,14D,15D,16D,17D,18D,19D,20D,21D,22D,23D,24D,25D,26D,27D,28D,29D,30D. The molecule has 0 unspecified atom stereocenters. The average Bonchev–Trinajstić information content (AvgIpc) is 4.11. The van der Waals surface area contributed by atoms with Crippen molar-refractivity contribution in [3.63, 3.8) is 0 Å². The van der Waals surface area contributed by atoms with Gasteiger partial charge in [-0.2, -0.15) is 0 Å². The Hall–Kier alpha value is -6.44. The molecule has 1 aliphatic carbocycles. The molecule has 1 aromatic heterocycles. The van der Waals surface area contributed by atoms with Gasteiger partial charge in [0, 0.05) is 21.6 Å². The third-order valence-corrected chi connectivity index (χ3v) is 9.44. The molecule has 0 saturated carbocycles. The van der Waals surface area contributed by atoms with E-state index in [4.69, 9.17) is 23.6 Å². The molecule has 0 aliphatic heterocycles. The van der Waals surface area contributed by atoms with Crippen LogP contribution in [0, 0.1) is 0 Å². The van der Waals surface area contributed by atoms with Gasteiger partial charge in [0.2, 0.25) is 0 Å². The molecular weight excluding hydrogens is 629 g/mol. The van der Waals surface area contributed by atoms with Crippen molar-refractivity contribution >= 4 is 54.3 Å². The van der Waals surface area contributed by atoms with Crippen molar-refractivity contribution in [2.24, 2.45) is 0 Å². The highest BCUT2D eigenvalue weighted by Gasteiger charge is 2.35. The van der Waals surface area contributed by atoms with Crippen LogP contribution in [0.5, 0.6) is 0 Å². The van der Waals surface area contributed by atoms with Crippen LogP contribution < -0.4 is 0 Å². The Kier molecular flexibility index (Phi) is 2.69. The Morgan fingerprint density at radius 3 is 1.69 bits per heavy atom. The van der Waals surface area contributed by atoms with Gasteiger partial charge in [0.1, 0.15) is 11.2 Å². The lowest BCUT2D eigenvalue weighted by Crippen LogP contribution is -2.14. The van der Waals surface area contributed by atoms with Crippen molar-refractivity contribution < 1.29 is 42.8 Å². The van der Waals surface area contributed by atoms with Crippen LogP contribution in [0.2, 0.25) is 0 Å². The molecule has 0 N–H and O–H groups in total. The lowest BCUT2D eigenvalue weighted by Gasteiger charge is -2.21. The molecule has 1 aliphatic rings. The minimum Gasteiger partial charge on any atom is -0.455 e. The van der Waals surface area contributed by atoms with Crippen molar-refractivity contribution in [1.82, 2.24) is 0 Å². The smallest absolute Gasteiger partial charge is 0.143 e. The van der Waals surface area contributed by atoms with Gasteiger partial charge in [-0.15, -0.1) is 0 Å². The molecule has 52 heavy (non-hydrogen) atoms. The Bertz CT molecular complexity index is 4600. The molecule has 0 spiro atoms. The molecule has 1 heteroatoms. The fourth-order valence-electron chi connectivity index (χ4n) is 7.00. The van der Waals surface area contributed by atoms with E-state index in [1.807, 2.05) is 0 Å². The van der Waals surface area contributed by atoms with E-state index in [2.05, 4.69) is 0 Å². The normalized spacial score (nSPS) is 20.9. The minimum absolute atomic E-state index is 0.00512. The summed E-state index contributed by atoms with van der Waals surface area (Å²) >= 11 is 0. The molecule has 0 atom stereocenters. The number of rotatable bonds is 3. The third kappa shape index (κ3) is 4.11. The average molecular weight is 691 g/mol. The number of hydrogen-bond acceptors (Lipinski definition) is 1. The molecule has 244 valence electrons. The first-order chi connectivity index (χ1) is 37.2. The van der Waals surface area contributed by atoms with Crippen LogP contribution in [0.1, 0.15) is 63.4 Å². The van der Waals surface area contributed by atoms with Gasteiger partial charge in [0.25, 0.3) is 0 Å². The van der Waals surface area contributed by atoms with Gasteiger partial charge in [0.15, 0.2) is 0 Å². The third-order valence-electron chi connectivity index (χ3n) is 9.44. The van der Waals surface area contributed by atoms with E-state index < -0.39 is 262 Å². The van der Waals surface area contributed by atoms with E-state index in [0.717, 1.165) is 0 Å². The molecule has 1 heterocycles. The maximum absolute atomic E-state index is 9.86. The number of hydrogen-bond donors (Lipinski definition) is 0. The maximum atomic E-state index is 9.86. The molecule has 0 fully saturated rings. The van der Waals surface area contributed by atoms with Crippen molar-refractivity contribution in [2.75, 3.05) is 0 Å². The Morgan fingerprint density at radius 1 is 0.404 bits per heavy atom. The molecular formula is C51H34O. The summed E-state index contributed by atoms with van der Waals surface area (Å²) in [5, 5.41) is -4.75. The number of fused-ring (bicyclic) bond motifs is 10. The topological polar surface area (TPSA) is 13.1 Å². The van der Waals surface area contributed by atoms with Crippen LogP contribution in [0.4, 0.5) is 0 Å². The second-order valence-corrected chi connectivity index (χ2v) is 12.6. The molecule has 11 rings (SSSR count). The summed E-state index contributed by atoms with van der Waals surface area (Å²) in [6, 6.07) is -23.7. The summed E-state index contributed by atoms with van der Waals surface area (Å²) < 4.78 is 262. The largest absolute Gasteiger partial charge is 0.455 e. The van der Waals surface area contributed by atoms with E-state index >= 15 is 0 Å². The molecule has 0 bridgehead atoms. The zero-order valence-corrected chi connectivity index (χ0v) is 26.9. The zero-order valence-electron chi connectivity index (χ0n) is 54.9. The summed E-state index contributed by atoms with van der Waals surface area (Å²) in [5.41, 5.74) is -7.42. The Morgan fingerprint density at radius 2 is 0.962 bits per heavy atom. The first kappa shape index (κ1) is 13.0. The van der Waals surface area contributed by atoms with E-state index in [1.165, 1.54) is 0 Å². The summed E-state index contributed by atoms with van der Waals surface area (Å²) in [4.78, 5) is 0. The summed E-state index contributed by atoms with van der Waals surface area (Å²) in [6.45, 7) is 3.08. The quantitative estimate of drug-likeness (QED) is 0.168. The summed E-state index contributed by atoms with van der Waals surface area (Å²) in [7, 11) is 0. The highest BCUT2D eigenvalue weighted by molar-refractivity contribution is 6.22. The minimum atomic E-state index is -1.40. The molecule has 0 saturated heterocycles. The molecule has 10 aromatic rings. The van der Waals surface area contributed by atoms with E-state index in [0.29, 0.717) is 0 Å². The number of benzene rings is 9. The van der Waals surface area contributed by atoms with Gasteiger partial charge in [-0.25, -0.2) is 0 Å². The van der Waals surface area contributed by atoms with E-state index in [9.17, 15) is 19.2 Å². The predicted molar refractivity (Wildman–Crippen MR) is 220 cm³/mol. The molecule has 0 radical (unpaired) electrons. The zero-order chi connectivity index (χ0) is 58.9. The van der Waals surface area contributed by atoms with Crippen LogP contribution in [0.3, 0.4) is 0 Å². The van der Waals surface area contributed by atoms with Crippen LogP contribution in [0.25, 0.3) is 98.8 Å². The second kappa shape index (κ2) is 10.8. The summed E-state index contributed by atoms with van der Waals surface area (Å²) in [6.07, 6.45) is 0. The first-order valence-corrected chi connectivity index (χ1v) is 15.9. The fourth-order valence-corrected chi connectivity index (χ4v) is 7.00. The Labute approximate surface area is 341 Å². The van der Waals surface area contributed by atoms with E-state index in [1.54, 1.807) is 13.8 Å². The van der Waals surface area contributed by atoms with Crippen molar-refractivity contribution in [2.45, 2.75) is 19.3 Å². The SMILES string of the molecule is [2H]c1c([2H])c([2H])c2c(c1[2H])-c1c([2H])c(-c3c([2H])c([2H])c(-c4c5c([2H])c([2H])c([2H])c([2H])c5c(-c5c([2H])c([2H])c6oc7c8c([2H])c([2H])c([2H])c([2H])c8c([2H])c([2H])c7c6c5[2H])c5c([2H])c([2H])c([2H])c([2H])c45)c([2H])c3[2H])c([2H])c([2H])c1C2(C)C.